The van der Waals surface area contributed by atoms with E-state index in [2.05, 4.69) is 16.2 Å². The van der Waals surface area contributed by atoms with E-state index in [1.54, 1.807) is 6.07 Å². The molecule has 2 aromatic carbocycles. The highest BCUT2D eigenvalue weighted by molar-refractivity contribution is 5.83. The maximum atomic E-state index is 12.3. The van der Waals surface area contributed by atoms with Gasteiger partial charge in [-0.05, 0) is 30.3 Å². The highest BCUT2D eigenvalue weighted by Gasteiger charge is 2.15. The number of aromatic nitrogens is 1. The fourth-order valence-corrected chi connectivity index (χ4v) is 2.69. The molecule has 0 bridgehead atoms. The third-order valence-electron chi connectivity index (χ3n) is 3.93. The first-order valence-electron chi connectivity index (χ1n) is 7.49. The van der Waals surface area contributed by atoms with E-state index >= 15 is 0 Å². The number of hydrogen-bond acceptors (Lipinski definition) is 4. The summed E-state index contributed by atoms with van der Waals surface area (Å²) in [4.78, 5) is 15.2. The van der Waals surface area contributed by atoms with Crippen molar-refractivity contribution in [3.63, 3.8) is 0 Å². The molecule has 0 fully saturated rings. The minimum absolute atomic E-state index is 0.137. The van der Waals surface area contributed by atoms with Crippen molar-refractivity contribution in [1.29, 1.82) is 0 Å². The summed E-state index contributed by atoms with van der Waals surface area (Å²) in [5.74, 6) is 3.93. The summed E-state index contributed by atoms with van der Waals surface area (Å²) in [6.45, 7) is 0.601. The molecule has 5 heteroatoms. The molecular weight excluding hydrogens is 304 g/mol. The third-order valence-corrected chi connectivity index (χ3v) is 3.93. The Bertz CT molecular complexity index is 1030. The van der Waals surface area contributed by atoms with Crippen molar-refractivity contribution in [3.8, 4) is 23.8 Å². The topological polar surface area (TPSA) is 63.4 Å². The predicted molar refractivity (Wildman–Crippen MR) is 92.4 cm³/mol. The molecule has 1 aromatic heterocycles. The molecule has 2 N–H and O–H groups in total. The summed E-state index contributed by atoms with van der Waals surface area (Å²) in [6.07, 6.45) is 5.40. The fraction of sp³-hybridized carbons (Fsp3) is 0.105. The monoisotopic (exact) mass is 318 g/mol. The standard InChI is InChI=1S/C19H14N2O3/c1-2-12-4-3-5-15(6-12)20-10-14-7-13-8-17-18(24-11-23-17)9-16(13)21-19(14)22/h1,3-9,20H,10-11H2,(H,21,22). The Hall–Kier alpha value is -3.39. The van der Waals surface area contributed by atoms with Crippen molar-refractivity contribution >= 4 is 16.6 Å². The van der Waals surface area contributed by atoms with E-state index < -0.39 is 0 Å². The van der Waals surface area contributed by atoms with Crippen LogP contribution in [0.3, 0.4) is 0 Å². The van der Waals surface area contributed by atoms with Crippen molar-refractivity contribution in [1.82, 2.24) is 4.98 Å². The van der Waals surface area contributed by atoms with Crippen LogP contribution in [-0.2, 0) is 6.54 Å². The Kier molecular flexibility index (Phi) is 3.36. The van der Waals surface area contributed by atoms with Crippen LogP contribution in [-0.4, -0.2) is 11.8 Å². The summed E-state index contributed by atoms with van der Waals surface area (Å²) in [5.41, 5.74) is 2.88. The van der Waals surface area contributed by atoms with Gasteiger partial charge in [0.1, 0.15) is 0 Å². The van der Waals surface area contributed by atoms with E-state index in [1.165, 1.54) is 0 Å². The second-order valence-electron chi connectivity index (χ2n) is 5.50. The number of rotatable bonds is 3. The molecule has 0 aliphatic carbocycles. The molecule has 5 nitrogen and oxygen atoms in total. The SMILES string of the molecule is C#Cc1cccc(NCc2cc3cc4c(cc3[nH]c2=O)OCO4)c1. The molecule has 0 saturated carbocycles. The van der Waals surface area contributed by atoms with Crippen molar-refractivity contribution in [3.05, 3.63) is 63.9 Å². The number of hydrogen-bond donors (Lipinski definition) is 2. The van der Waals surface area contributed by atoms with Crippen molar-refractivity contribution in [2.24, 2.45) is 0 Å². The lowest BCUT2D eigenvalue weighted by atomic mass is 10.1. The smallest absolute Gasteiger partial charge is 0.253 e. The minimum atomic E-state index is -0.137. The van der Waals surface area contributed by atoms with Gasteiger partial charge in [0.2, 0.25) is 6.79 Å². The number of nitrogens with one attached hydrogen (secondary N) is 2. The molecule has 118 valence electrons. The van der Waals surface area contributed by atoms with Gasteiger partial charge in [-0.3, -0.25) is 4.79 Å². The number of benzene rings is 2. The zero-order chi connectivity index (χ0) is 16.5. The number of H-pyrrole nitrogens is 1. The first kappa shape index (κ1) is 14.2. The highest BCUT2D eigenvalue weighted by atomic mass is 16.7. The van der Waals surface area contributed by atoms with Crippen LogP contribution in [0, 0.1) is 12.3 Å². The van der Waals surface area contributed by atoms with Gasteiger partial charge < -0.3 is 19.8 Å². The Balaban J connectivity index is 1.64. The molecule has 2 heterocycles. The van der Waals surface area contributed by atoms with Gasteiger partial charge >= 0.3 is 0 Å². The predicted octanol–water partition coefficient (Wildman–Crippen LogP) is 2.85. The number of anilines is 1. The van der Waals surface area contributed by atoms with Gasteiger partial charge in [-0.2, -0.15) is 0 Å². The number of aromatic amines is 1. The molecule has 1 aliphatic heterocycles. The quantitative estimate of drug-likeness (QED) is 0.729. The van der Waals surface area contributed by atoms with Crippen LogP contribution in [0.5, 0.6) is 11.5 Å². The van der Waals surface area contributed by atoms with E-state index in [9.17, 15) is 4.79 Å². The van der Waals surface area contributed by atoms with Gasteiger partial charge in [0, 0.05) is 34.8 Å². The van der Waals surface area contributed by atoms with Crippen LogP contribution in [0.2, 0.25) is 0 Å². The lowest BCUT2D eigenvalue weighted by molar-refractivity contribution is 0.174. The summed E-state index contributed by atoms with van der Waals surface area (Å²) in [5, 5.41) is 4.12. The largest absolute Gasteiger partial charge is 0.454 e. The van der Waals surface area contributed by atoms with E-state index in [-0.39, 0.29) is 12.4 Å². The number of fused-ring (bicyclic) bond motifs is 2. The number of terminal acetylenes is 1. The second kappa shape index (κ2) is 5.67. The third kappa shape index (κ3) is 2.55. The van der Waals surface area contributed by atoms with Crippen molar-refractivity contribution in [2.75, 3.05) is 12.1 Å². The normalized spacial score (nSPS) is 12.1. The van der Waals surface area contributed by atoms with E-state index in [0.717, 1.165) is 22.2 Å². The first-order valence-corrected chi connectivity index (χ1v) is 7.49. The second-order valence-corrected chi connectivity index (χ2v) is 5.50. The van der Waals surface area contributed by atoms with Gasteiger partial charge in [0.25, 0.3) is 5.56 Å². The zero-order valence-electron chi connectivity index (χ0n) is 12.8. The maximum Gasteiger partial charge on any atom is 0.253 e. The molecule has 3 aromatic rings. The summed E-state index contributed by atoms with van der Waals surface area (Å²) in [6, 6.07) is 13.0. The van der Waals surface area contributed by atoms with Gasteiger partial charge in [-0.25, -0.2) is 0 Å². The Morgan fingerprint density at radius 2 is 2.00 bits per heavy atom. The summed E-state index contributed by atoms with van der Waals surface area (Å²) in [7, 11) is 0. The lowest BCUT2D eigenvalue weighted by Gasteiger charge is -2.08. The van der Waals surface area contributed by atoms with Crippen LogP contribution in [0.15, 0.2) is 47.3 Å². The molecule has 0 atom stereocenters. The molecule has 0 unspecified atom stereocenters. The Labute approximate surface area is 138 Å². The Morgan fingerprint density at radius 1 is 1.17 bits per heavy atom. The average Bonchev–Trinajstić information content (AvgIpc) is 3.05. The molecule has 0 spiro atoms. The van der Waals surface area contributed by atoms with Crippen LogP contribution < -0.4 is 20.3 Å². The van der Waals surface area contributed by atoms with Crippen molar-refractivity contribution in [2.45, 2.75) is 6.54 Å². The van der Waals surface area contributed by atoms with Crippen molar-refractivity contribution < 1.29 is 9.47 Å². The van der Waals surface area contributed by atoms with E-state index in [1.807, 2.05) is 36.4 Å². The van der Waals surface area contributed by atoms with Crippen LogP contribution in [0.1, 0.15) is 11.1 Å². The molecule has 4 rings (SSSR count). The molecule has 1 aliphatic rings. The summed E-state index contributed by atoms with van der Waals surface area (Å²) < 4.78 is 10.7. The van der Waals surface area contributed by atoms with Gasteiger partial charge in [-0.15, -0.1) is 6.42 Å². The molecule has 0 amide bonds. The number of ether oxygens (including phenoxy) is 2. The van der Waals surface area contributed by atoms with Gasteiger partial charge in [-0.1, -0.05) is 12.0 Å². The minimum Gasteiger partial charge on any atom is -0.454 e. The van der Waals surface area contributed by atoms with Crippen LogP contribution >= 0.6 is 0 Å². The maximum absolute atomic E-state index is 12.3. The van der Waals surface area contributed by atoms with Crippen LogP contribution in [0.25, 0.3) is 10.9 Å². The molecule has 0 saturated heterocycles. The molecule has 24 heavy (non-hydrogen) atoms. The fourth-order valence-electron chi connectivity index (χ4n) is 2.69. The first-order chi connectivity index (χ1) is 11.7. The average molecular weight is 318 g/mol. The molecular formula is C19H14N2O3. The van der Waals surface area contributed by atoms with E-state index in [0.29, 0.717) is 23.6 Å². The Morgan fingerprint density at radius 3 is 2.83 bits per heavy atom. The number of pyridine rings is 1. The van der Waals surface area contributed by atoms with Gasteiger partial charge in [0.05, 0.1) is 5.52 Å². The molecule has 0 radical (unpaired) electrons. The highest BCUT2D eigenvalue weighted by Crippen LogP contribution is 2.35. The van der Waals surface area contributed by atoms with E-state index in [4.69, 9.17) is 15.9 Å². The van der Waals surface area contributed by atoms with Crippen LogP contribution in [0.4, 0.5) is 5.69 Å². The summed E-state index contributed by atoms with van der Waals surface area (Å²) >= 11 is 0. The lowest BCUT2D eigenvalue weighted by Crippen LogP contribution is -2.15. The van der Waals surface area contributed by atoms with Gasteiger partial charge in [0.15, 0.2) is 11.5 Å². The zero-order valence-corrected chi connectivity index (χ0v) is 12.8.